The van der Waals surface area contributed by atoms with Crippen LogP contribution >= 0.6 is 15.9 Å². The number of aromatic carboxylic acids is 1. The third-order valence-corrected chi connectivity index (χ3v) is 3.87. The van der Waals surface area contributed by atoms with E-state index in [4.69, 9.17) is 9.84 Å². The van der Waals surface area contributed by atoms with Crippen molar-refractivity contribution in [2.24, 2.45) is 0 Å². The zero-order valence-corrected chi connectivity index (χ0v) is 13.6. The van der Waals surface area contributed by atoms with Crippen molar-refractivity contribution in [3.05, 3.63) is 58.1 Å². The number of benzene rings is 2. The minimum absolute atomic E-state index is 0.190. The lowest BCUT2D eigenvalue weighted by molar-refractivity contribution is 0.0696. The number of hydrogen-bond acceptors (Lipinski definition) is 2. The molecule has 1 unspecified atom stereocenters. The second kappa shape index (κ2) is 6.76. The third-order valence-electron chi connectivity index (χ3n) is 3.42. The average molecular weight is 349 g/mol. The van der Waals surface area contributed by atoms with Crippen molar-refractivity contribution in [2.45, 2.75) is 26.2 Å². The Morgan fingerprint density at radius 2 is 1.86 bits per heavy atom. The molecule has 3 nitrogen and oxygen atoms in total. The molecule has 1 atom stereocenters. The molecule has 2 rings (SSSR count). The van der Waals surface area contributed by atoms with E-state index in [0.29, 0.717) is 21.9 Å². The van der Waals surface area contributed by atoms with Crippen molar-refractivity contribution in [3.63, 3.8) is 0 Å². The van der Waals surface area contributed by atoms with Gasteiger partial charge >= 0.3 is 5.97 Å². The smallest absolute Gasteiger partial charge is 0.335 e. The van der Waals surface area contributed by atoms with Crippen LogP contribution in [0.4, 0.5) is 0 Å². The van der Waals surface area contributed by atoms with Crippen LogP contribution in [0.25, 0.3) is 0 Å². The number of rotatable bonds is 5. The fraction of sp³-hybridized carbons (Fsp3) is 0.235. The maximum atomic E-state index is 11.0. The zero-order chi connectivity index (χ0) is 15.4. The van der Waals surface area contributed by atoms with Crippen LogP contribution in [0, 0.1) is 0 Å². The van der Waals surface area contributed by atoms with Crippen LogP contribution in [0.15, 0.2) is 46.9 Å². The molecule has 0 aliphatic heterocycles. The van der Waals surface area contributed by atoms with Gasteiger partial charge in [0.05, 0.1) is 5.56 Å². The van der Waals surface area contributed by atoms with E-state index >= 15 is 0 Å². The van der Waals surface area contributed by atoms with Crippen molar-refractivity contribution in [2.75, 3.05) is 0 Å². The minimum Gasteiger partial charge on any atom is -0.478 e. The normalized spacial score (nSPS) is 12.0. The molecule has 2 aromatic carbocycles. The molecular weight excluding hydrogens is 332 g/mol. The number of halogens is 1. The van der Waals surface area contributed by atoms with Gasteiger partial charge in [0.2, 0.25) is 0 Å². The van der Waals surface area contributed by atoms with Crippen molar-refractivity contribution >= 4 is 21.9 Å². The highest BCUT2D eigenvalue weighted by molar-refractivity contribution is 9.10. The Morgan fingerprint density at radius 3 is 2.43 bits per heavy atom. The van der Waals surface area contributed by atoms with Crippen LogP contribution in [0.1, 0.15) is 42.1 Å². The van der Waals surface area contributed by atoms with E-state index < -0.39 is 5.97 Å². The van der Waals surface area contributed by atoms with Gasteiger partial charge in [-0.1, -0.05) is 41.9 Å². The highest BCUT2D eigenvalue weighted by Crippen LogP contribution is 2.28. The monoisotopic (exact) mass is 348 g/mol. The van der Waals surface area contributed by atoms with Crippen LogP contribution in [-0.2, 0) is 0 Å². The molecule has 0 aromatic heterocycles. The molecule has 0 aliphatic rings. The molecule has 0 spiro atoms. The minimum atomic E-state index is -0.978. The summed E-state index contributed by atoms with van der Waals surface area (Å²) < 4.78 is 6.40. The predicted octanol–water partition coefficient (Wildman–Crippen LogP) is 5.45. The summed E-state index contributed by atoms with van der Waals surface area (Å²) in [6.07, 6.45) is 1.09. The third kappa shape index (κ3) is 4.08. The lowest BCUT2D eigenvalue weighted by atomic mass is 9.99. The van der Waals surface area contributed by atoms with Gasteiger partial charge in [0, 0.05) is 4.47 Å². The predicted molar refractivity (Wildman–Crippen MR) is 86.3 cm³/mol. The van der Waals surface area contributed by atoms with Crippen LogP contribution < -0.4 is 4.74 Å². The van der Waals surface area contributed by atoms with E-state index in [1.807, 2.05) is 24.3 Å². The Labute approximate surface area is 132 Å². The lowest BCUT2D eigenvalue weighted by Gasteiger charge is -2.11. The van der Waals surface area contributed by atoms with Gasteiger partial charge in [-0.15, -0.1) is 0 Å². The van der Waals surface area contributed by atoms with Gasteiger partial charge in [-0.25, -0.2) is 4.79 Å². The number of ether oxygens (including phenoxy) is 1. The average Bonchev–Trinajstić information content (AvgIpc) is 2.46. The van der Waals surface area contributed by atoms with Gasteiger partial charge in [0.25, 0.3) is 0 Å². The van der Waals surface area contributed by atoms with Gasteiger partial charge in [-0.3, -0.25) is 0 Å². The van der Waals surface area contributed by atoms with Gasteiger partial charge < -0.3 is 9.84 Å². The van der Waals surface area contributed by atoms with E-state index in [2.05, 4.69) is 29.8 Å². The van der Waals surface area contributed by atoms with Crippen LogP contribution in [0.3, 0.4) is 0 Å². The molecule has 2 aromatic rings. The fourth-order valence-electron chi connectivity index (χ4n) is 1.98. The quantitative estimate of drug-likeness (QED) is 0.780. The van der Waals surface area contributed by atoms with E-state index in [1.165, 1.54) is 11.6 Å². The molecule has 110 valence electrons. The molecule has 0 radical (unpaired) electrons. The van der Waals surface area contributed by atoms with E-state index in [9.17, 15) is 4.79 Å². The topological polar surface area (TPSA) is 46.5 Å². The summed E-state index contributed by atoms with van der Waals surface area (Å²) >= 11 is 3.29. The second-order valence-electron chi connectivity index (χ2n) is 4.96. The highest BCUT2D eigenvalue weighted by Gasteiger charge is 2.08. The SMILES string of the molecule is CCC(C)c1ccc(Oc2cc(Br)cc(C(=O)O)c2)cc1. The molecule has 21 heavy (non-hydrogen) atoms. The van der Waals surface area contributed by atoms with Crippen molar-refractivity contribution < 1.29 is 14.6 Å². The molecule has 0 bridgehead atoms. The standard InChI is InChI=1S/C17H17BrO3/c1-3-11(2)12-4-6-15(7-5-12)21-16-9-13(17(19)20)8-14(18)10-16/h4-11H,3H2,1-2H3,(H,19,20). The molecule has 0 heterocycles. The summed E-state index contributed by atoms with van der Waals surface area (Å²) in [6.45, 7) is 4.34. The number of hydrogen-bond donors (Lipinski definition) is 1. The Morgan fingerprint density at radius 1 is 1.19 bits per heavy atom. The fourth-order valence-corrected chi connectivity index (χ4v) is 2.45. The van der Waals surface area contributed by atoms with Gasteiger partial charge in [0.1, 0.15) is 11.5 Å². The summed E-state index contributed by atoms with van der Waals surface area (Å²) in [5.74, 6) is 0.728. The first-order valence-corrected chi connectivity index (χ1v) is 7.60. The molecule has 0 fully saturated rings. The molecule has 1 N–H and O–H groups in total. The Hall–Kier alpha value is -1.81. The summed E-state index contributed by atoms with van der Waals surface area (Å²) in [4.78, 5) is 11.0. The second-order valence-corrected chi connectivity index (χ2v) is 5.88. The van der Waals surface area contributed by atoms with E-state index in [0.717, 1.165) is 6.42 Å². The first-order chi connectivity index (χ1) is 9.99. The molecule has 0 saturated heterocycles. The number of carboxylic acids is 1. The maximum Gasteiger partial charge on any atom is 0.335 e. The summed E-state index contributed by atoms with van der Waals surface area (Å²) in [5, 5.41) is 9.05. The Kier molecular flexibility index (Phi) is 5.02. The van der Waals surface area contributed by atoms with E-state index in [-0.39, 0.29) is 5.56 Å². The molecule has 0 amide bonds. The molecule has 4 heteroatoms. The highest BCUT2D eigenvalue weighted by atomic mass is 79.9. The van der Waals surface area contributed by atoms with Crippen molar-refractivity contribution in [1.29, 1.82) is 0 Å². The summed E-state index contributed by atoms with van der Waals surface area (Å²) in [7, 11) is 0. The van der Waals surface area contributed by atoms with E-state index in [1.54, 1.807) is 12.1 Å². The zero-order valence-electron chi connectivity index (χ0n) is 12.0. The molecule has 0 aliphatic carbocycles. The first-order valence-electron chi connectivity index (χ1n) is 6.81. The molecule has 0 saturated carbocycles. The summed E-state index contributed by atoms with van der Waals surface area (Å²) in [5.41, 5.74) is 1.46. The lowest BCUT2D eigenvalue weighted by Crippen LogP contribution is -1.97. The number of carboxylic acid groups (broad SMARTS) is 1. The van der Waals surface area contributed by atoms with Crippen molar-refractivity contribution in [3.8, 4) is 11.5 Å². The van der Waals surface area contributed by atoms with Crippen LogP contribution in [0.2, 0.25) is 0 Å². The van der Waals surface area contributed by atoms with Gasteiger partial charge in [-0.05, 0) is 48.2 Å². The van der Waals surface area contributed by atoms with Crippen LogP contribution in [0.5, 0.6) is 11.5 Å². The van der Waals surface area contributed by atoms with Gasteiger partial charge in [0.15, 0.2) is 0 Å². The Bertz CT molecular complexity index is 635. The Balaban J connectivity index is 2.20. The van der Waals surface area contributed by atoms with Crippen molar-refractivity contribution in [1.82, 2.24) is 0 Å². The molecular formula is C17H17BrO3. The largest absolute Gasteiger partial charge is 0.478 e. The van der Waals surface area contributed by atoms with Gasteiger partial charge in [-0.2, -0.15) is 0 Å². The summed E-state index contributed by atoms with van der Waals surface area (Å²) in [6, 6.07) is 12.7. The maximum absolute atomic E-state index is 11.0. The number of carbonyl (C=O) groups is 1. The van der Waals surface area contributed by atoms with Crippen LogP contribution in [-0.4, -0.2) is 11.1 Å². The first kappa shape index (κ1) is 15.6.